The lowest BCUT2D eigenvalue weighted by Gasteiger charge is -2.18. The fraction of sp³-hybridized carbons (Fsp3) is 0.500. The Balaban J connectivity index is 1.84. The highest BCUT2D eigenvalue weighted by Crippen LogP contribution is 2.38. The average Bonchev–Trinajstić information content (AvgIpc) is 3.14. The fourth-order valence-electron chi connectivity index (χ4n) is 2.81. The molecule has 0 radical (unpaired) electrons. The van der Waals surface area contributed by atoms with Crippen LogP contribution >= 0.6 is 38.6 Å². The van der Waals surface area contributed by atoms with Crippen LogP contribution < -0.4 is 10.6 Å². The molecule has 0 fully saturated rings. The minimum Gasteiger partial charge on any atom is -0.347 e. The standard InChI is InChI=1S/C18H22BrN3O2S2/c1-18(2,3)16(24)22-15-13(11-6-4-5-7-12(11)26-15)14(23)20-8-10-9-21-17(19)25-10/h9H,4-8H2,1-3H3,(H,20,23)(H,22,24). The maximum atomic E-state index is 12.9. The molecule has 0 bridgehead atoms. The normalized spacial score (nSPS) is 14.0. The number of anilines is 1. The molecular weight excluding hydrogens is 434 g/mol. The Morgan fingerprint density at radius 1 is 1.23 bits per heavy atom. The molecule has 1 aliphatic rings. The zero-order chi connectivity index (χ0) is 18.9. The van der Waals surface area contributed by atoms with Crippen molar-refractivity contribution in [3.8, 4) is 0 Å². The van der Waals surface area contributed by atoms with Gasteiger partial charge in [-0.05, 0) is 47.2 Å². The van der Waals surface area contributed by atoms with Gasteiger partial charge in [0.2, 0.25) is 5.91 Å². The van der Waals surface area contributed by atoms with Crippen LogP contribution in [-0.2, 0) is 24.2 Å². The second-order valence-electron chi connectivity index (χ2n) is 7.38. The molecule has 1 aliphatic carbocycles. The highest BCUT2D eigenvalue weighted by atomic mass is 79.9. The predicted octanol–water partition coefficient (Wildman–Crippen LogP) is 4.76. The SMILES string of the molecule is CC(C)(C)C(=O)Nc1sc2c(c1C(=O)NCc1cnc(Br)s1)CCCC2. The lowest BCUT2D eigenvalue weighted by Crippen LogP contribution is -2.29. The van der Waals surface area contributed by atoms with E-state index < -0.39 is 5.41 Å². The van der Waals surface area contributed by atoms with E-state index in [1.165, 1.54) is 16.2 Å². The monoisotopic (exact) mass is 455 g/mol. The molecule has 2 aromatic rings. The smallest absolute Gasteiger partial charge is 0.254 e. The van der Waals surface area contributed by atoms with Crippen molar-refractivity contribution in [1.29, 1.82) is 0 Å². The van der Waals surface area contributed by atoms with Crippen LogP contribution in [0.4, 0.5) is 5.00 Å². The average molecular weight is 456 g/mol. The van der Waals surface area contributed by atoms with Gasteiger partial charge in [-0.15, -0.1) is 22.7 Å². The molecule has 5 nitrogen and oxygen atoms in total. The van der Waals surface area contributed by atoms with Crippen molar-refractivity contribution in [1.82, 2.24) is 10.3 Å². The van der Waals surface area contributed by atoms with Gasteiger partial charge < -0.3 is 10.6 Å². The third-order valence-electron chi connectivity index (χ3n) is 4.26. The molecule has 0 spiro atoms. The minimum absolute atomic E-state index is 0.0727. The quantitative estimate of drug-likeness (QED) is 0.697. The first kappa shape index (κ1) is 19.5. The van der Waals surface area contributed by atoms with E-state index in [4.69, 9.17) is 0 Å². The number of rotatable bonds is 4. The highest BCUT2D eigenvalue weighted by molar-refractivity contribution is 9.11. The number of amides is 2. The summed E-state index contributed by atoms with van der Waals surface area (Å²) in [5.74, 6) is -0.199. The Labute approximate surface area is 169 Å². The summed E-state index contributed by atoms with van der Waals surface area (Å²) >= 11 is 6.38. The number of nitrogens with zero attached hydrogens (tertiary/aromatic N) is 1. The van der Waals surface area contributed by atoms with E-state index in [2.05, 4.69) is 31.5 Å². The molecule has 2 amide bonds. The van der Waals surface area contributed by atoms with Crippen LogP contribution in [0.25, 0.3) is 0 Å². The summed E-state index contributed by atoms with van der Waals surface area (Å²) in [6.07, 6.45) is 5.84. The fourth-order valence-corrected chi connectivity index (χ4v) is 5.39. The molecule has 2 heterocycles. The van der Waals surface area contributed by atoms with Crippen molar-refractivity contribution in [3.63, 3.8) is 0 Å². The van der Waals surface area contributed by atoms with E-state index >= 15 is 0 Å². The summed E-state index contributed by atoms with van der Waals surface area (Å²) in [6.45, 7) is 6.05. The van der Waals surface area contributed by atoms with E-state index in [1.54, 1.807) is 17.5 Å². The van der Waals surface area contributed by atoms with Crippen LogP contribution in [0.2, 0.25) is 0 Å². The molecular formula is C18H22BrN3O2S2. The number of fused-ring (bicyclic) bond motifs is 1. The Hall–Kier alpha value is -1.25. The summed E-state index contributed by atoms with van der Waals surface area (Å²) in [7, 11) is 0. The molecule has 26 heavy (non-hydrogen) atoms. The minimum atomic E-state index is -0.507. The molecule has 140 valence electrons. The molecule has 0 saturated heterocycles. The number of carbonyl (C=O) groups excluding carboxylic acids is 2. The van der Waals surface area contributed by atoms with Crippen molar-refractivity contribution >= 4 is 55.4 Å². The van der Waals surface area contributed by atoms with Crippen LogP contribution in [0.15, 0.2) is 10.1 Å². The van der Waals surface area contributed by atoms with E-state index in [0.717, 1.165) is 40.0 Å². The van der Waals surface area contributed by atoms with Crippen molar-refractivity contribution in [3.05, 3.63) is 31.0 Å². The Kier molecular flexibility index (Phi) is 5.84. The summed E-state index contributed by atoms with van der Waals surface area (Å²) in [5.41, 5.74) is 1.24. The number of nitrogens with one attached hydrogen (secondary N) is 2. The number of thiazole rings is 1. The van der Waals surface area contributed by atoms with Gasteiger partial charge in [0.1, 0.15) is 5.00 Å². The first-order valence-electron chi connectivity index (χ1n) is 8.60. The summed E-state index contributed by atoms with van der Waals surface area (Å²) in [4.78, 5) is 31.7. The number of hydrogen-bond acceptors (Lipinski definition) is 5. The molecule has 0 saturated carbocycles. The molecule has 0 unspecified atom stereocenters. The maximum absolute atomic E-state index is 12.9. The van der Waals surface area contributed by atoms with Crippen LogP contribution in [0.5, 0.6) is 0 Å². The molecule has 2 aromatic heterocycles. The predicted molar refractivity (Wildman–Crippen MR) is 110 cm³/mol. The highest BCUT2D eigenvalue weighted by Gasteiger charge is 2.29. The van der Waals surface area contributed by atoms with Crippen molar-refractivity contribution in [2.24, 2.45) is 5.41 Å². The van der Waals surface area contributed by atoms with Gasteiger partial charge in [0.25, 0.3) is 5.91 Å². The molecule has 3 rings (SSSR count). The first-order chi connectivity index (χ1) is 12.3. The van der Waals surface area contributed by atoms with Gasteiger partial charge in [-0.3, -0.25) is 9.59 Å². The molecule has 8 heteroatoms. The second-order valence-corrected chi connectivity index (χ2v) is 10.9. The van der Waals surface area contributed by atoms with Gasteiger partial charge in [-0.2, -0.15) is 0 Å². The number of hydrogen-bond donors (Lipinski definition) is 2. The zero-order valence-corrected chi connectivity index (χ0v) is 18.3. The molecule has 0 atom stereocenters. The Bertz CT molecular complexity index is 836. The zero-order valence-electron chi connectivity index (χ0n) is 15.1. The summed E-state index contributed by atoms with van der Waals surface area (Å²) < 4.78 is 0.799. The largest absolute Gasteiger partial charge is 0.347 e. The van der Waals surface area contributed by atoms with Gasteiger partial charge in [-0.25, -0.2) is 4.98 Å². The van der Waals surface area contributed by atoms with Gasteiger partial charge >= 0.3 is 0 Å². The summed E-state index contributed by atoms with van der Waals surface area (Å²) in [6, 6.07) is 0. The van der Waals surface area contributed by atoms with Gasteiger partial charge in [-0.1, -0.05) is 20.8 Å². The van der Waals surface area contributed by atoms with Crippen molar-refractivity contribution in [2.45, 2.75) is 53.0 Å². The molecule has 2 N–H and O–H groups in total. The van der Waals surface area contributed by atoms with E-state index in [0.29, 0.717) is 17.1 Å². The van der Waals surface area contributed by atoms with Crippen LogP contribution in [0.1, 0.15) is 59.3 Å². The third kappa shape index (κ3) is 4.35. The first-order valence-corrected chi connectivity index (χ1v) is 11.0. The number of aromatic nitrogens is 1. The maximum Gasteiger partial charge on any atom is 0.254 e. The number of aryl methyl sites for hydroxylation is 1. The van der Waals surface area contributed by atoms with Gasteiger partial charge in [0.15, 0.2) is 3.92 Å². The van der Waals surface area contributed by atoms with Gasteiger partial charge in [0.05, 0.1) is 12.1 Å². The van der Waals surface area contributed by atoms with Crippen LogP contribution in [0.3, 0.4) is 0 Å². The third-order valence-corrected chi connectivity index (χ3v) is 6.94. The number of carbonyl (C=O) groups is 2. The van der Waals surface area contributed by atoms with Crippen molar-refractivity contribution < 1.29 is 9.59 Å². The number of halogens is 1. The number of thiophene rings is 1. The Morgan fingerprint density at radius 2 is 1.96 bits per heavy atom. The topological polar surface area (TPSA) is 71.1 Å². The molecule has 0 aromatic carbocycles. The summed E-state index contributed by atoms with van der Waals surface area (Å²) in [5, 5.41) is 6.66. The second kappa shape index (κ2) is 7.78. The lowest BCUT2D eigenvalue weighted by molar-refractivity contribution is -0.123. The van der Waals surface area contributed by atoms with Crippen LogP contribution in [0, 0.1) is 5.41 Å². The van der Waals surface area contributed by atoms with E-state index in [9.17, 15) is 9.59 Å². The lowest BCUT2D eigenvalue weighted by atomic mass is 9.94. The van der Waals surface area contributed by atoms with Crippen molar-refractivity contribution in [2.75, 3.05) is 5.32 Å². The van der Waals surface area contributed by atoms with E-state index in [1.807, 2.05) is 20.8 Å². The van der Waals surface area contributed by atoms with E-state index in [-0.39, 0.29) is 11.8 Å². The Morgan fingerprint density at radius 3 is 2.62 bits per heavy atom. The van der Waals surface area contributed by atoms with Gasteiger partial charge in [0, 0.05) is 21.4 Å². The van der Waals surface area contributed by atoms with Crippen LogP contribution in [-0.4, -0.2) is 16.8 Å². The molecule has 0 aliphatic heterocycles.